The fourth-order valence-corrected chi connectivity index (χ4v) is 2.42. The maximum absolute atomic E-state index is 13.2. The SMILES string of the molecule is COc1cc(NC(=O)c2cc(S)cs2)ccc1F. The van der Waals surface area contributed by atoms with Crippen LogP contribution in [-0.2, 0) is 0 Å². The molecule has 2 rings (SSSR count). The molecule has 0 unspecified atom stereocenters. The second-order valence-electron chi connectivity index (χ2n) is 3.47. The van der Waals surface area contributed by atoms with Crippen LogP contribution < -0.4 is 10.1 Å². The van der Waals surface area contributed by atoms with E-state index in [1.54, 1.807) is 11.4 Å². The predicted octanol–water partition coefficient (Wildman–Crippen LogP) is 3.44. The summed E-state index contributed by atoms with van der Waals surface area (Å²) in [6.45, 7) is 0. The Labute approximate surface area is 113 Å². The van der Waals surface area contributed by atoms with Crippen molar-refractivity contribution in [3.8, 4) is 5.75 Å². The Morgan fingerprint density at radius 3 is 2.83 bits per heavy atom. The number of halogens is 1. The zero-order valence-electron chi connectivity index (χ0n) is 9.44. The molecule has 0 aliphatic rings. The highest BCUT2D eigenvalue weighted by Gasteiger charge is 2.10. The predicted molar refractivity (Wildman–Crippen MR) is 72.5 cm³/mol. The molecule has 0 atom stereocenters. The monoisotopic (exact) mass is 283 g/mol. The van der Waals surface area contributed by atoms with Gasteiger partial charge in [0.05, 0.1) is 12.0 Å². The van der Waals surface area contributed by atoms with Crippen LogP contribution in [0, 0.1) is 5.82 Å². The number of carbonyl (C=O) groups excluding carboxylic acids is 1. The molecule has 1 aromatic carbocycles. The van der Waals surface area contributed by atoms with Crippen molar-refractivity contribution >= 4 is 35.6 Å². The molecule has 0 saturated heterocycles. The summed E-state index contributed by atoms with van der Waals surface area (Å²) in [5.74, 6) is -0.632. The summed E-state index contributed by atoms with van der Waals surface area (Å²) in [5, 5.41) is 4.43. The molecule has 1 heterocycles. The Hall–Kier alpha value is -1.53. The Kier molecular flexibility index (Phi) is 3.88. The van der Waals surface area contributed by atoms with E-state index in [-0.39, 0.29) is 11.7 Å². The lowest BCUT2D eigenvalue weighted by Crippen LogP contribution is -2.10. The molecule has 2 aromatic rings. The van der Waals surface area contributed by atoms with Crippen molar-refractivity contribution in [3.05, 3.63) is 40.3 Å². The van der Waals surface area contributed by atoms with Crippen LogP contribution in [0.4, 0.5) is 10.1 Å². The van der Waals surface area contributed by atoms with Crippen molar-refractivity contribution in [1.29, 1.82) is 0 Å². The molecule has 1 N–H and O–H groups in total. The molecule has 3 nitrogen and oxygen atoms in total. The summed E-state index contributed by atoms with van der Waals surface area (Å²) in [5.41, 5.74) is 0.479. The van der Waals surface area contributed by atoms with E-state index in [9.17, 15) is 9.18 Å². The van der Waals surface area contributed by atoms with Crippen LogP contribution in [0.5, 0.6) is 5.75 Å². The van der Waals surface area contributed by atoms with Crippen LogP contribution in [-0.4, -0.2) is 13.0 Å². The largest absolute Gasteiger partial charge is 0.494 e. The molecule has 94 valence electrons. The Morgan fingerprint density at radius 1 is 1.44 bits per heavy atom. The van der Waals surface area contributed by atoms with E-state index in [4.69, 9.17) is 4.74 Å². The van der Waals surface area contributed by atoms with E-state index in [2.05, 4.69) is 17.9 Å². The molecule has 0 bridgehead atoms. The quantitative estimate of drug-likeness (QED) is 0.847. The molecule has 1 aromatic heterocycles. The van der Waals surface area contributed by atoms with E-state index in [1.807, 2.05) is 0 Å². The lowest BCUT2D eigenvalue weighted by Gasteiger charge is -2.06. The van der Waals surface area contributed by atoms with E-state index < -0.39 is 5.82 Å². The van der Waals surface area contributed by atoms with Crippen LogP contribution in [0.1, 0.15) is 9.67 Å². The first-order valence-electron chi connectivity index (χ1n) is 5.02. The fourth-order valence-electron chi connectivity index (χ4n) is 1.38. The highest BCUT2D eigenvalue weighted by atomic mass is 32.1. The number of carbonyl (C=O) groups is 1. The van der Waals surface area contributed by atoms with Crippen molar-refractivity contribution in [2.75, 3.05) is 12.4 Å². The van der Waals surface area contributed by atoms with Crippen LogP contribution in [0.2, 0.25) is 0 Å². The maximum atomic E-state index is 13.2. The minimum absolute atomic E-state index is 0.0915. The third kappa shape index (κ3) is 2.83. The van der Waals surface area contributed by atoms with Gasteiger partial charge < -0.3 is 10.1 Å². The van der Waals surface area contributed by atoms with Gasteiger partial charge in [-0.05, 0) is 18.2 Å². The maximum Gasteiger partial charge on any atom is 0.265 e. The molecule has 0 radical (unpaired) electrons. The van der Waals surface area contributed by atoms with Gasteiger partial charge in [0.25, 0.3) is 5.91 Å². The molecule has 0 spiro atoms. The average molecular weight is 283 g/mol. The topological polar surface area (TPSA) is 38.3 Å². The molecule has 6 heteroatoms. The summed E-state index contributed by atoms with van der Waals surface area (Å²) < 4.78 is 18.0. The molecule has 1 amide bonds. The zero-order chi connectivity index (χ0) is 13.1. The van der Waals surface area contributed by atoms with Crippen molar-refractivity contribution in [2.24, 2.45) is 0 Å². The number of hydrogen-bond donors (Lipinski definition) is 2. The van der Waals surface area contributed by atoms with Gasteiger partial charge >= 0.3 is 0 Å². The minimum Gasteiger partial charge on any atom is -0.494 e. The molecular weight excluding hydrogens is 273 g/mol. The summed E-state index contributed by atoms with van der Waals surface area (Å²) in [7, 11) is 1.37. The van der Waals surface area contributed by atoms with Gasteiger partial charge in [-0.2, -0.15) is 0 Å². The van der Waals surface area contributed by atoms with Gasteiger partial charge in [-0.25, -0.2) is 4.39 Å². The molecule has 0 saturated carbocycles. The van der Waals surface area contributed by atoms with E-state index in [1.165, 1.54) is 36.6 Å². The van der Waals surface area contributed by atoms with Crippen molar-refractivity contribution in [1.82, 2.24) is 0 Å². The van der Waals surface area contributed by atoms with Crippen LogP contribution in [0.25, 0.3) is 0 Å². The Morgan fingerprint density at radius 2 is 2.22 bits per heavy atom. The Bertz CT molecular complexity index is 583. The molecule has 0 aliphatic heterocycles. The van der Waals surface area contributed by atoms with Crippen molar-refractivity contribution < 1.29 is 13.9 Å². The highest BCUT2D eigenvalue weighted by Crippen LogP contribution is 2.23. The smallest absolute Gasteiger partial charge is 0.265 e. The van der Waals surface area contributed by atoms with E-state index >= 15 is 0 Å². The lowest BCUT2D eigenvalue weighted by molar-refractivity contribution is 0.103. The normalized spacial score (nSPS) is 10.2. The lowest BCUT2D eigenvalue weighted by atomic mass is 10.3. The number of ether oxygens (including phenoxy) is 1. The fraction of sp³-hybridized carbons (Fsp3) is 0.0833. The second-order valence-corrected chi connectivity index (χ2v) is 4.90. The van der Waals surface area contributed by atoms with Crippen LogP contribution in [0.15, 0.2) is 34.5 Å². The number of thiol groups is 1. The number of amides is 1. The summed E-state index contributed by atoms with van der Waals surface area (Å²) in [6.07, 6.45) is 0. The van der Waals surface area contributed by atoms with Gasteiger partial charge in [-0.3, -0.25) is 4.79 Å². The number of methoxy groups -OCH3 is 1. The van der Waals surface area contributed by atoms with Gasteiger partial charge in [-0.15, -0.1) is 24.0 Å². The Balaban J connectivity index is 2.16. The third-order valence-corrected chi connectivity index (χ3v) is 3.58. The summed E-state index contributed by atoms with van der Waals surface area (Å²) >= 11 is 5.43. The molecule has 18 heavy (non-hydrogen) atoms. The van der Waals surface area contributed by atoms with Gasteiger partial charge in [0.1, 0.15) is 0 Å². The average Bonchev–Trinajstić information content (AvgIpc) is 2.78. The van der Waals surface area contributed by atoms with Crippen molar-refractivity contribution in [3.63, 3.8) is 0 Å². The van der Waals surface area contributed by atoms with Crippen molar-refractivity contribution in [2.45, 2.75) is 4.90 Å². The van der Waals surface area contributed by atoms with Gasteiger partial charge in [0.2, 0.25) is 0 Å². The third-order valence-electron chi connectivity index (χ3n) is 2.22. The van der Waals surface area contributed by atoms with Crippen LogP contribution in [0.3, 0.4) is 0 Å². The number of thiophene rings is 1. The van der Waals surface area contributed by atoms with E-state index in [0.717, 1.165) is 4.90 Å². The van der Waals surface area contributed by atoms with E-state index in [0.29, 0.717) is 10.6 Å². The molecule has 0 fully saturated rings. The van der Waals surface area contributed by atoms with Gasteiger partial charge in [-0.1, -0.05) is 0 Å². The number of anilines is 1. The number of benzene rings is 1. The first-order chi connectivity index (χ1) is 8.60. The van der Waals surface area contributed by atoms with Gasteiger partial charge in [0, 0.05) is 22.0 Å². The minimum atomic E-state index is -0.468. The molecular formula is C12H10FNO2S2. The highest BCUT2D eigenvalue weighted by molar-refractivity contribution is 7.80. The first-order valence-corrected chi connectivity index (χ1v) is 6.35. The first kappa shape index (κ1) is 12.9. The summed E-state index contributed by atoms with van der Waals surface area (Å²) in [4.78, 5) is 13.1. The molecule has 0 aliphatic carbocycles. The van der Waals surface area contributed by atoms with Crippen LogP contribution >= 0.6 is 24.0 Å². The standard InChI is InChI=1S/C12H10FNO2S2/c1-16-10-4-7(2-3-9(10)13)14-12(15)11-5-8(17)6-18-11/h2-6,17H,1H3,(H,14,15). The number of hydrogen-bond acceptors (Lipinski definition) is 4. The second kappa shape index (κ2) is 5.41. The van der Waals surface area contributed by atoms with Gasteiger partial charge in [0.15, 0.2) is 11.6 Å². The summed E-state index contributed by atoms with van der Waals surface area (Å²) in [6, 6.07) is 5.82. The number of rotatable bonds is 3. The zero-order valence-corrected chi connectivity index (χ0v) is 11.1. The number of nitrogens with one attached hydrogen (secondary N) is 1.